The van der Waals surface area contributed by atoms with Crippen LogP contribution in [0.3, 0.4) is 0 Å². The van der Waals surface area contributed by atoms with Gasteiger partial charge in [0.2, 0.25) is 5.95 Å². The second kappa shape index (κ2) is 6.53. The number of anilines is 1. The molecule has 0 aliphatic carbocycles. The lowest BCUT2D eigenvalue weighted by Crippen LogP contribution is -2.18. The highest BCUT2D eigenvalue weighted by Crippen LogP contribution is 2.17. The van der Waals surface area contributed by atoms with Gasteiger partial charge in [-0.25, -0.2) is 4.98 Å². The number of aromatic amines is 1. The van der Waals surface area contributed by atoms with Gasteiger partial charge in [0.15, 0.2) is 0 Å². The third kappa shape index (κ3) is 3.22. The number of nitrogens with zero attached hydrogens (tertiary/aromatic N) is 3. The quantitative estimate of drug-likeness (QED) is 0.588. The van der Waals surface area contributed by atoms with Gasteiger partial charge in [-0.3, -0.25) is 14.6 Å². The summed E-state index contributed by atoms with van der Waals surface area (Å²) < 4.78 is 1.43. The topological polar surface area (TPSA) is 92.7 Å². The summed E-state index contributed by atoms with van der Waals surface area (Å²) in [5.41, 5.74) is 2.58. The number of H-pyrrole nitrogens is 1. The number of benzene rings is 2. The van der Waals surface area contributed by atoms with Gasteiger partial charge in [0.05, 0.1) is 16.6 Å². The van der Waals surface area contributed by atoms with Crippen molar-refractivity contribution in [2.45, 2.75) is 13.8 Å². The van der Waals surface area contributed by atoms with E-state index in [1.165, 1.54) is 4.68 Å². The lowest BCUT2D eigenvalue weighted by Gasteiger charge is -2.09. The Morgan fingerprint density at radius 1 is 1.07 bits per heavy atom. The number of para-hydroxylation sites is 1. The largest absolute Gasteiger partial charge is 0.306 e. The number of rotatable bonds is 3. The molecule has 0 radical (unpaired) electrons. The average molecular weight is 359 g/mol. The second-order valence-corrected chi connectivity index (χ2v) is 6.31. The summed E-state index contributed by atoms with van der Waals surface area (Å²) in [6.45, 7) is 3.76. The van der Waals surface area contributed by atoms with Crippen LogP contribution in [0, 0.1) is 13.8 Å². The summed E-state index contributed by atoms with van der Waals surface area (Å²) in [5, 5.41) is 7.69. The van der Waals surface area contributed by atoms with Crippen LogP contribution in [-0.4, -0.2) is 25.7 Å². The Morgan fingerprint density at radius 3 is 2.59 bits per heavy atom. The van der Waals surface area contributed by atoms with Crippen molar-refractivity contribution in [3.05, 3.63) is 81.8 Å². The maximum atomic E-state index is 12.6. The minimum absolute atomic E-state index is 0.242. The molecule has 0 unspecified atom stereocenters. The maximum Gasteiger partial charge on any atom is 0.260 e. The highest BCUT2D eigenvalue weighted by molar-refractivity contribution is 6.04. The van der Waals surface area contributed by atoms with Gasteiger partial charge in [-0.15, -0.1) is 0 Å². The minimum Gasteiger partial charge on any atom is -0.306 e. The molecule has 0 atom stereocenters. The van der Waals surface area contributed by atoms with Crippen LogP contribution in [0.5, 0.6) is 0 Å². The summed E-state index contributed by atoms with van der Waals surface area (Å²) in [5.74, 6) is 0.404. The molecule has 2 heterocycles. The molecule has 7 nitrogen and oxygen atoms in total. The first-order chi connectivity index (χ1) is 13.0. The van der Waals surface area contributed by atoms with Crippen molar-refractivity contribution in [1.82, 2.24) is 19.7 Å². The molecule has 134 valence electrons. The highest BCUT2D eigenvalue weighted by atomic mass is 16.1. The Morgan fingerprint density at radius 2 is 1.81 bits per heavy atom. The molecule has 4 aromatic rings. The highest BCUT2D eigenvalue weighted by Gasteiger charge is 2.15. The first kappa shape index (κ1) is 16.7. The Hall–Kier alpha value is -3.74. The van der Waals surface area contributed by atoms with Gasteiger partial charge in [0, 0.05) is 11.6 Å². The van der Waals surface area contributed by atoms with Crippen molar-refractivity contribution in [2.75, 3.05) is 5.32 Å². The third-order valence-corrected chi connectivity index (χ3v) is 4.19. The third-order valence-electron chi connectivity index (χ3n) is 4.19. The average Bonchev–Trinajstić information content (AvgIpc) is 3.02. The molecule has 7 heteroatoms. The fraction of sp³-hybridized carbons (Fsp3) is 0.100. The smallest absolute Gasteiger partial charge is 0.260 e. The molecule has 2 aromatic carbocycles. The van der Waals surface area contributed by atoms with Crippen molar-refractivity contribution in [1.29, 1.82) is 0 Å². The van der Waals surface area contributed by atoms with Gasteiger partial charge >= 0.3 is 0 Å². The fourth-order valence-corrected chi connectivity index (χ4v) is 2.82. The molecule has 0 saturated carbocycles. The molecular weight excluding hydrogens is 342 g/mol. The summed E-state index contributed by atoms with van der Waals surface area (Å²) in [6.07, 6.45) is 0. The van der Waals surface area contributed by atoms with Gasteiger partial charge in [-0.05, 0) is 38.1 Å². The maximum absolute atomic E-state index is 12.6. The second-order valence-electron chi connectivity index (χ2n) is 6.31. The first-order valence-corrected chi connectivity index (χ1v) is 8.45. The predicted octanol–water partition coefficient (Wildman–Crippen LogP) is 2.98. The number of nitrogens with one attached hydrogen (secondary N) is 2. The zero-order valence-corrected chi connectivity index (χ0v) is 14.9. The molecular formula is C20H17N5O2. The molecule has 0 saturated heterocycles. The van der Waals surface area contributed by atoms with E-state index in [2.05, 4.69) is 20.4 Å². The Balaban J connectivity index is 1.74. The van der Waals surface area contributed by atoms with Crippen LogP contribution in [0.1, 0.15) is 21.6 Å². The van der Waals surface area contributed by atoms with E-state index in [4.69, 9.17) is 0 Å². The van der Waals surface area contributed by atoms with E-state index >= 15 is 0 Å². The van der Waals surface area contributed by atoms with E-state index in [9.17, 15) is 9.59 Å². The van der Waals surface area contributed by atoms with Crippen molar-refractivity contribution in [3.8, 4) is 5.95 Å². The van der Waals surface area contributed by atoms with E-state index < -0.39 is 0 Å². The number of aromatic nitrogens is 4. The number of fused-ring (bicyclic) bond motifs is 1. The lowest BCUT2D eigenvalue weighted by atomic mass is 10.1. The van der Waals surface area contributed by atoms with Crippen LogP contribution in [0.4, 0.5) is 5.82 Å². The van der Waals surface area contributed by atoms with E-state index in [1.54, 1.807) is 43.3 Å². The number of hydrogen-bond acceptors (Lipinski definition) is 4. The molecule has 2 N–H and O–H groups in total. The van der Waals surface area contributed by atoms with Crippen molar-refractivity contribution < 1.29 is 4.79 Å². The molecule has 0 bridgehead atoms. The summed E-state index contributed by atoms with van der Waals surface area (Å²) >= 11 is 0. The summed E-state index contributed by atoms with van der Waals surface area (Å²) in [7, 11) is 0. The van der Waals surface area contributed by atoms with Gasteiger partial charge in [0.25, 0.3) is 11.5 Å². The van der Waals surface area contributed by atoms with Crippen molar-refractivity contribution >= 4 is 22.6 Å². The number of amides is 1. The monoisotopic (exact) mass is 359 g/mol. The van der Waals surface area contributed by atoms with Gasteiger partial charge in [0.1, 0.15) is 5.82 Å². The lowest BCUT2D eigenvalue weighted by molar-refractivity contribution is 0.102. The predicted molar refractivity (Wildman–Crippen MR) is 103 cm³/mol. The zero-order valence-electron chi connectivity index (χ0n) is 14.9. The molecule has 2 aromatic heterocycles. The van der Waals surface area contributed by atoms with Crippen LogP contribution >= 0.6 is 0 Å². The van der Waals surface area contributed by atoms with E-state index in [0.29, 0.717) is 28.0 Å². The zero-order chi connectivity index (χ0) is 19.0. The van der Waals surface area contributed by atoms with Crippen LogP contribution in [-0.2, 0) is 0 Å². The normalized spacial score (nSPS) is 10.9. The van der Waals surface area contributed by atoms with Crippen LogP contribution in [0.25, 0.3) is 16.9 Å². The number of hydrogen-bond donors (Lipinski definition) is 2. The fourth-order valence-electron chi connectivity index (χ4n) is 2.82. The van der Waals surface area contributed by atoms with Gasteiger partial charge in [-0.1, -0.05) is 29.8 Å². The Bertz CT molecular complexity index is 1210. The van der Waals surface area contributed by atoms with Crippen LogP contribution in [0.15, 0.2) is 59.4 Å². The van der Waals surface area contributed by atoms with E-state index in [1.807, 2.05) is 25.1 Å². The summed E-state index contributed by atoms with van der Waals surface area (Å²) in [6, 6.07) is 16.1. The summed E-state index contributed by atoms with van der Waals surface area (Å²) in [4.78, 5) is 32.1. The number of carbonyl (C=O) groups excluding carboxylic acids is 1. The molecule has 27 heavy (non-hydrogen) atoms. The van der Waals surface area contributed by atoms with Gasteiger partial charge < -0.3 is 5.32 Å². The molecule has 0 fully saturated rings. The minimum atomic E-state index is -0.265. The number of carbonyl (C=O) groups is 1. The first-order valence-electron chi connectivity index (χ1n) is 8.45. The molecule has 4 rings (SSSR count). The van der Waals surface area contributed by atoms with E-state index in [0.717, 1.165) is 5.56 Å². The molecule has 1 amide bonds. The SMILES string of the molecule is Cc1ccc(C(=O)Nc2cc(C)nn2-c2nc3ccccc3c(=O)[nH]2)cc1. The molecule has 0 aliphatic rings. The van der Waals surface area contributed by atoms with Crippen LogP contribution < -0.4 is 10.9 Å². The number of aryl methyl sites for hydroxylation is 2. The van der Waals surface area contributed by atoms with Crippen molar-refractivity contribution in [3.63, 3.8) is 0 Å². The molecule has 0 aliphatic heterocycles. The Kier molecular flexibility index (Phi) is 4.04. The Labute approximate surface area is 154 Å². The van der Waals surface area contributed by atoms with Gasteiger partial charge in [-0.2, -0.15) is 9.78 Å². The molecule has 0 spiro atoms. The van der Waals surface area contributed by atoms with Crippen LogP contribution in [0.2, 0.25) is 0 Å². The standard InChI is InChI=1S/C20H17N5O2/c1-12-7-9-14(10-8-12)18(26)22-17-11-13(2)24-25(17)20-21-16-6-4-3-5-15(16)19(27)23-20/h3-11H,1-2H3,(H,22,26)(H,21,23,27). The van der Waals surface area contributed by atoms with Crippen molar-refractivity contribution in [2.24, 2.45) is 0 Å². The van der Waals surface area contributed by atoms with E-state index in [-0.39, 0.29) is 17.4 Å².